The number of amides is 2. The number of carbonyl (C=O) groups excluding carboxylic acids is 2. The highest BCUT2D eigenvalue weighted by atomic mass is 16.5. The number of rotatable bonds is 6. The van der Waals surface area contributed by atoms with Crippen LogP contribution < -0.4 is 10.6 Å². The van der Waals surface area contributed by atoms with Crippen LogP contribution in [0.1, 0.15) is 23.2 Å². The van der Waals surface area contributed by atoms with Crippen LogP contribution in [0, 0.1) is 0 Å². The summed E-state index contributed by atoms with van der Waals surface area (Å²) in [6.07, 6.45) is 3.65. The maximum Gasteiger partial charge on any atom is 0.328 e. The Balaban J connectivity index is 1.91. The van der Waals surface area contributed by atoms with Gasteiger partial charge >= 0.3 is 5.97 Å². The summed E-state index contributed by atoms with van der Waals surface area (Å²) in [5, 5.41) is 13.8. The number of anilines is 1. The molecule has 0 bridgehead atoms. The lowest BCUT2D eigenvalue weighted by Gasteiger charge is -2.11. The number of nitrogens with one attached hydrogen (secondary N) is 2. The van der Waals surface area contributed by atoms with Crippen molar-refractivity contribution in [1.82, 2.24) is 5.32 Å². The Morgan fingerprint density at radius 1 is 1.30 bits per heavy atom. The van der Waals surface area contributed by atoms with Crippen molar-refractivity contribution in [3.63, 3.8) is 0 Å². The molecule has 1 fully saturated rings. The second kappa shape index (κ2) is 8.09. The van der Waals surface area contributed by atoms with Crippen molar-refractivity contribution >= 4 is 23.5 Å². The van der Waals surface area contributed by atoms with Gasteiger partial charge in [0.05, 0.1) is 6.10 Å². The topological polar surface area (TPSA) is 105 Å². The van der Waals surface area contributed by atoms with Gasteiger partial charge in [-0.1, -0.05) is 6.07 Å². The summed E-state index contributed by atoms with van der Waals surface area (Å²) in [7, 11) is 0. The van der Waals surface area contributed by atoms with Gasteiger partial charge in [0.1, 0.15) is 0 Å². The Hall–Kier alpha value is -2.67. The minimum Gasteiger partial charge on any atom is -0.478 e. The van der Waals surface area contributed by atoms with Crippen molar-refractivity contribution < 1.29 is 24.2 Å². The van der Waals surface area contributed by atoms with Crippen molar-refractivity contribution in [2.24, 2.45) is 0 Å². The molecule has 0 saturated carbocycles. The molecular weight excluding hydrogens is 300 g/mol. The molecule has 1 aromatic rings. The number of carboxylic acids is 1. The first kappa shape index (κ1) is 16.7. The SMILES string of the molecule is O=C(O)/C=C\C(=O)Nc1cccc(C(=O)NC[C@@H]2CCCO2)c1. The normalized spacial score (nSPS) is 17.1. The average molecular weight is 318 g/mol. The van der Waals surface area contributed by atoms with Gasteiger partial charge < -0.3 is 20.5 Å². The van der Waals surface area contributed by atoms with Gasteiger partial charge in [-0.25, -0.2) is 4.79 Å². The van der Waals surface area contributed by atoms with Crippen LogP contribution >= 0.6 is 0 Å². The van der Waals surface area contributed by atoms with Crippen molar-refractivity contribution in [2.75, 3.05) is 18.5 Å². The van der Waals surface area contributed by atoms with Gasteiger partial charge in [0.15, 0.2) is 0 Å². The first-order valence-corrected chi connectivity index (χ1v) is 7.26. The summed E-state index contributed by atoms with van der Waals surface area (Å²) in [5.41, 5.74) is 0.817. The lowest BCUT2D eigenvalue weighted by atomic mass is 10.1. The summed E-state index contributed by atoms with van der Waals surface area (Å²) in [6.45, 7) is 1.18. The predicted octanol–water partition coefficient (Wildman–Crippen LogP) is 1.17. The first-order valence-electron chi connectivity index (χ1n) is 7.26. The molecule has 7 nitrogen and oxygen atoms in total. The highest BCUT2D eigenvalue weighted by Crippen LogP contribution is 2.13. The Morgan fingerprint density at radius 3 is 2.83 bits per heavy atom. The Bertz CT molecular complexity index is 621. The number of carbonyl (C=O) groups is 3. The van der Waals surface area contributed by atoms with Gasteiger partial charge in [-0.3, -0.25) is 9.59 Å². The second-order valence-electron chi connectivity index (χ2n) is 5.09. The molecule has 0 aromatic heterocycles. The zero-order valence-electron chi connectivity index (χ0n) is 12.5. The summed E-state index contributed by atoms with van der Waals surface area (Å²) < 4.78 is 5.43. The van der Waals surface area contributed by atoms with E-state index in [2.05, 4.69) is 10.6 Å². The van der Waals surface area contributed by atoms with E-state index in [9.17, 15) is 14.4 Å². The molecule has 7 heteroatoms. The third kappa shape index (κ3) is 5.55. The maximum atomic E-state index is 12.1. The number of ether oxygens (including phenoxy) is 1. The fraction of sp³-hybridized carbons (Fsp3) is 0.312. The summed E-state index contributed by atoms with van der Waals surface area (Å²) >= 11 is 0. The van der Waals surface area contributed by atoms with Gasteiger partial charge in [0.25, 0.3) is 5.91 Å². The maximum absolute atomic E-state index is 12.1. The summed E-state index contributed by atoms with van der Waals surface area (Å²) in [5.74, 6) is -2.04. The minimum atomic E-state index is -1.21. The van der Waals surface area contributed by atoms with E-state index >= 15 is 0 Å². The summed E-state index contributed by atoms with van der Waals surface area (Å²) in [4.78, 5) is 34.0. The number of benzene rings is 1. The monoisotopic (exact) mass is 318 g/mol. The van der Waals surface area contributed by atoms with E-state index in [0.29, 0.717) is 17.8 Å². The standard InChI is InChI=1S/C16H18N2O5/c19-14(6-7-15(20)21)18-12-4-1-3-11(9-12)16(22)17-10-13-5-2-8-23-13/h1,3-4,6-7,9,13H,2,5,8,10H2,(H,17,22)(H,18,19)(H,20,21)/b7-6-/t13-/m0/s1. The van der Waals surface area contributed by atoms with E-state index in [-0.39, 0.29) is 12.0 Å². The van der Waals surface area contributed by atoms with E-state index in [4.69, 9.17) is 9.84 Å². The van der Waals surface area contributed by atoms with E-state index in [1.165, 1.54) is 6.07 Å². The number of hydrogen-bond acceptors (Lipinski definition) is 4. The molecule has 0 spiro atoms. The molecule has 0 unspecified atom stereocenters. The van der Waals surface area contributed by atoms with Crippen LogP contribution in [0.25, 0.3) is 0 Å². The Labute approximate surface area is 133 Å². The van der Waals surface area contributed by atoms with Crippen LogP contribution in [0.3, 0.4) is 0 Å². The van der Waals surface area contributed by atoms with Crippen LogP contribution in [-0.4, -0.2) is 42.1 Å². The van der Waals surface area contributed by atoms with Gasteiger partial charge in [0, 0.05) is 36.6 Å². The van der Waals surface area contributed by atoms with Crippen molar-refractivity contribution in [1.29, 1.82) is 0 Å². The van der Waals surface area contributed by atoms with Crippen LogP contribution in [0.2, 0.25) is 0 Å². The highest BCUT2D eigenvalue weighted by molar-refractivity contribution is 6.03. The average Bonchev–Trinajstić information content (AvgIpc) is 3.04. The number of carboxylic acid groups (broad SMARTS) is 1. The van der Waals surface area contributed by atoms with E-state index in [1.54, 1.807) is 18.2 Å². The molecule has 0 radical (unpaired) electrons. The fourth-order valence-corrected chi connectivity index (χ4v) is 2.18. The van der Waals surface area contributed by atoms with Crippen molar-refractivity contribution in [3.05, 3.63) is 42.0 Å². The molecule has 1 aromatic carbocycles. The molecule has 122 valence electrons. The molecule has 1 heterocycles. The fourth-order valence-electron chi connectivity index (χ4n) is 2.18. The molecule has 3 N–H and O–H groups in total. The zero-order chi connectivity index (χ0) is 16.7. The van der Waals surface area contributed by atoms with Crippen LogP contribution in [-0.2, 0) is 14.3 Å². The quantitative estimate of drug-likeness (QED) is 0.683. The molecule has 0 aliphatic carbocycles. The van der Waals surface area contributed by atoms with Gasteiger partial charge in [-0.15, -0.1) is 0 Å². The Morgan fingerprint density at radius 2 is 2.13 bits per heavy atom. The predicted molar refractivity (Wildman–Crippen MR) is 83.2 cm³/mol. The van der Waals surface area contributed by atoms with E-state index in [1.807, 2.05) is 0 Å². The largest absolute Gasteiger partial charge is 0.478 e. The van der Waals surface area contributed by atoms with Crippen LogP contribution in [0.15, 0.2) is 36.4 Å². The third-order valence-electron chi connectivity index (χ3n) is 3.28. The summed E-state index contributed by atoms with van der Waals surface area (Å²) in [6, 6.07) is 6.41. The van der Waals surface area contributed by atoms with Gasteiger partial charge in [-0.2, -0.15) is 0 Å². The third-order valence-corrected chi connectivity index (χ3v) is 3.28. The van der Waals surface area contributed by atoms with E-state index < -0.39 is 11.9 Å². The lowest BCUT2D eigenvalue weighted by Crippen LogP contribution is -2.31. The number of aliphatic carboxylic acids is 1. The molecule has 1 aliphatic heterocycles. The second-order valence-corrected chi connectivity index (χ2v) is 5.09. The minimum absolute atomic E-state index is 0.0583. The van der Waals surface area contributed by atoms with Crippen molar-refractivity contribution in [3.8, 4) is 0 Å². The van der Waals surface area contributed by atoms with Crippen molar-refractivity contribution in [2.45, 2.75) is 18.9 Å². The first-order chi connectivity index (χ1) is 11.0. The molecule has 1 atom stereocenters. The zero-order valence-corrected chi connectivity index (χ0v) is 12.5. The lowest BCUT2D eigenvalue weighted by molar-refractivity contribution is -0.131. The molecule has 1 saturated heterocycles. The molecule has 2 rings (SSSR count). The van der Waals surface area contributed by atoms with E-state index in [0.717, 1.165) is 31.6 Å². The molecule has 23 heavy (non-hydrogen) atoms. The molecular formula is C16H18N2O5. The Kier molecular flexibility index (Phi) is 5.87. The number of hydrogen-bond donors (Lipinski definition) is 3. The van der Waals surface area contributed by atoms with Gasteiger partial charge in [0.2, 0.25) is 5.91 Å². The van der Waals surface area contributed by atoms with Crippen LogP contribution in [0.5, 0.6) is 0 Å². The highest BCUT2D eigenvalue weighted by Gasteiger charge is 2.16. The van der Waals surface area contributed by atoms with Crippen LogP contribution in [0.4, 0.5) is 5.69 Å². The molecule has 1 aliphatic rings. The molecule has 2 amide bonds. The smallest absolute Gasteiger partial charge is 0.328 e. The van der Waals surface area contributed by atoms with Gasteiger partial charge in [-0.05, 0) is 31.0 Å².